The first kappa shape index (κ1) is 19.5. The van der Waals surface area contributed by atoms with Crippen LogP contribution in [0.5, 0.6) is 0 Å². The van der Waals surface area contributed by atoms with Gasteiger partial charge in [-0.05, 0) is 68.3 Å². The summed E-state index contributed by atoms with van der Waals surface area (Å²) in [4.78, 5) is 23.0. The van der Waals surface area contributed by atoms with E-state index in [1.54, 1.807) is 12.1 Å². The molecule has 8 heteroatoms. The molecule has 0 spiro atoms. The first-order valence-electron chi connectivity index (χ1n) is 7.90. The van der Waals surface area contributed by atoms with Crippen LogP contribution in [-0.4, -0.2) is 26.3 Å². The van der Waals surface area contributed by atoms with Crippen molar-refractivity contribution in [2.75, 3.05) is 4.72 Å². The molecule has 0 unspecified atom stereocenters. The quantitative estimate of drug-likeness (QED) is 0.712. The van der Waals surface area contributed by atoms with Gasteiger partial charge in [0.2, 0.25) is 5.91 Å². The molecule has 7 nitrogen and oxygen atoms in total. The average molecular weight is 375 g/mol. The number of hydrogen-bond donors (Lipinski definition) is 3. The van der Waals surface area contributed by atoms with E-state index in [-0.39, 0.29) is 10.5 Å². The normalized spacial score (nSPS) is 12.3. The summed E-state index contributed by atoms with van der Waals surface area (Å²) in [6.07, 6.45) is 0. The molecule has 0 saturated carbocycles. The Balaban J connectivity index is 2.16. The third-order valence-corrected chi connectivity index (χ3v) is 5.36. The summed E-state index contributed by atoms with van der Waals surface area (Å²) < 4.78 is 27.5. The van der Waals surface area contributed by atoms with Crippen molar-refractivity contribution in [3.63, 3.8) is 0 Å². The number of amides is 2. The SMILES string of the molecule is Cc1ccc(NS(=O)(=O)c2ccc(C(=O)N[C@@H](C)C(N)=O)cc2)cc1C. The fraction of sp³-hybridized carbons (Fsp3) is 0.222. The molecule has 0 saturated heterocycles. The smallest absolute Gasteiger partial charge is 0.261 e. The number of carbonyl (C=O) groups excluding carboxylic acids is 2. The number of nitrogens with one attached hydrogen (secondary N) is 2. The molecular formula is C18H21N3O4S. The maximum Gasteiger partial charge on any atom is 0.261 e. The van der Waals surface area contributed by atoms with Gasteiger partial charge >= 0.3 is 0 Å². The number of hydrogen-bond acceptors (Lipinski definition) is 4. The third-order valence-electron chi connectivity index (χ3n) is 3.96. The molecule has 2 aromatic carbocycles. The summed E-state index contributed by atoms with van der Waals surface area (Å²) in [5.41, 5.74) is 7.82. The summed E-state index contributed by atoms with van der Waals surface area (Å²) in [6, 6.07) is 9.85. The van der Waals surface area contributed by atoms with Crippen LogP contribution in [0, 0.1) is 13.8 Å². The lowest BCUT2D eigenvalue weighted by Gasteiger charge is -2.12. The summed E-state index contributed by atoms with van der Waals surface area (Å²) in [5, 5.41) is 2.43. The number of anilines is 1. The molecular weight excluding hydrogens is 354 g/mol. The van der Waals surface area contributed by atoms with E-state index in [9.17, 15) is 18.0 Å². The van der Waals surface area contributed by atoms with E-state index in [0.29, 0.717) is 5.69 Å². The molecule has 4 N–H and O–H groups in total. The van der Waals surface area contributed by atoms with E-state index >= 15 is 0 Å². The summed E-state index contributed by atoms with van der Waals surface area (Å²) >= 11 is 0. The molecule has 1 atom stereocenters. The van der Waals surface area contributed by atoms with E-state index in [1.165, 1.54) is 31.2 Å². The molecule has 0 heterocycles. The minimum Gasteiger partial charge on any atom is -0.368 e. The summed E-state index contributed by atoms with van der Waals surface area (Å²) in [7, 11) is -3.78. The Labute approximate surface area is 152 Å². The average Bonchev–Trinajstić information content (AvgIpc) is 2.58. The van der Waals surface area contributed by atoms with Gasteiger partial charge in [-0.2, -0.15) is 0 Å². The molecule has 0 fully saturated rings. The second kappa shape index (κ2) is 7.57. The number of nitrogens with two attached hydrogens (primary N) is 1. The van der Waals surface area contributed by atoms with Crippen LogP contribution in [0.25, 0.3) is 0 Å². The molecule has 0 aliphatic heterocycles. The van der Waals surface area contributed by atoms with Gasteiger partial charge in [0, 0.05) is 11.3 Å². The Morgan fingerprint density at radius 2 is 1.62 bits per heavy atom. The molecule has 0 aromatic heterocycles. The Bertz CT molecular complexity index is 937. The van der Waals surface area contributed by atoms with Gasteiger partial charge in [-0.25, -0.2) is 8.42 Å². The zero-order valence-electron chi connectivity index (χ0n) is 14.7. The van der Waals surface area contributed by atoms with Crippen LogP contribution in [0.4, 0.5) is 5.69 Å². The maximum atomic E-state index is 12.5. The van der Waals surface area contributed by atoms with Crippen molar-refractivity contribution >= 4 is 27.5 Å². The van der Waals surface area contributed by atoms with Crippen LogP contribution in [-0.2, 0) is 14.8 Å². The maximum absolute atomic E-state index is 12.5. The number of aryl methyl sites for hydroxylation is 2. The number of carbonyl (C=O) groups is 2. The Kier molecular flexibility index (Phi) is 5.66. The van der Waals surface area contributed by atoms with Crippen molar-refractivity contribution in [3.8, 4) is 0 Å². The molecule has 2 amide bonds. The van der Waals surface area contributed by atoms with Gasteiger partial charge in [-0.3, -0.25) is 14.3 Å². The largest absolute Gasteiger partial charge is 0.368 e. The molecule has 138 valence electrons. The Hall–Kier alpha value is -2.87. The van der Waals surface area contributed by atoms with Gasteiger partial charge in [0.25, 0.3) is 15.9 Å². The molecule has 0 aliphatic carbocycles. The number of rotatable bonds is 6. The molecule has 26 heavy (non-hydrogen) atoms. The van der Waals surface area contributed by atoms with Crippen LogP contribution in [0.1, 0.15) is 28.4 Å². The molecule has 2 rings (SSSR count). The van der Waals surface area contributed by atoms with Gasteiger partial charge in [-0.1, -0.05) is 6.07 Å². The number of sulfonamides is 1. The second-order valence-corrected chi connectivity index (χ2v) is 7.71. The monoisotopic (exact) mass is 375 g/mol. The number of benzene rings is 2. The topological polar surface area (TPSA) is 118 Å². The minimum atomic E-state index is -3.78. The van der Waals surface area contributed by atoms with E-state index in [0.717, 1.165) is 11.1 Å². The number of primary amides is 1. The highest BCUT2D eigenvalue weighted by molar-refractivity contribution is 7.92. The highest BCUT2D eigenvalue weighted by atomic mass is 32.2. The lowest BCUT2D eigenvalue weighted by molar-refractivity contribution is -0.119. The van der Waals surface area contributed by atoms with Gasteiger partial charge < -0.3 is 11.1 Å². The van der Waals surface area contributed by atoms with Gasteiger partial charge in [0.1, 0.15) is 6.04 Å². The molecule has 0 aliphatic rings. The summed E-state index contributed by atoms with van der Waals surface area (Å²) in [5.74, 6) is -1.17. The lowest BCUT2D eigenvalue weighted by atomic mass is 10.1. The van der Waals surface area contributed by atoms with Crippen molar-refractivity contribution in [2.24, 2.45) is 5.73 Å². The van der Waals surface area contributed by atoms with Crippen molar-refractivity contribution in [3.05, 3.63) is 59.2 Å². The Morgan fingerprint density at radius 3 is 2.15 bits per heavy atom. The van der Waals surface area contributed by atoms with Crippen molar-refractivity contribution < 1.29 is 18.0 Å². The van der Waals surface area contributed by atoms with Crippen LogP contribution in [0.15, 0.2) is 47.4 Å². The van der Waals surface area contributed by atoms with Gasteiger partial charge in [0.05, 0.1) is 4.90 Å². The fourth-order valence-corrected chi connectivity index (χ4v) is 3.21. The van der Waals surface area contributed by atoms with Crippen LogP contribution < -0.4 is 15.8 Å². The molecule has 0 radical (unpaired) electrons. The third kappa shape index (κ3) is 4.60. The van der Waals surface area contributed by atoms with Crippen molar-refractivity contribution in [2.45, 2.75) is 31.7 Å². The lowest BCUT2D eigenvalue weighted by Crippen LogP contribution is -2.42. The predicted octanol–water partition coefficient (Wildman–Crippen LogP) is 1.71. The van der Waals surface area contributed by atoms with Crippen molar-refractivity contribution in [1.29, 1.82) is 0 Å². The molecule has 0 bridgehead atoms. The zero-order chi connectivity index (χ0) is 19.5. The van der Waals surface area contributed by atoms with Crippen LogP contribution in [0.3, 0.4) is 0 Å². The predicted molar refractivity (Wildman–Crippen MR) is 99.3 cm³/mol. The van der Waals surface area contributed by atoms with E-state index < -0.39 is 27.9 Å². The first-order valence-corrected chi connectivity index (χ1v) is 9.39. The molecule has 2 aromatic rings. The van der Waals surface area contributed by atoms with E-state index in [1.807, 2.05) is 19.9 Å². The van der Waals surface area contributed by atoms with E-state index in [2.05, 4.69) is 10.0 Å². The highest BCUT2D eigenvalue weighted by Crippen LogP contribution is 2.19. The van der Waals surface area contributed by atoms with Gasteiger partial charge in [-0.15, -0.1) is 0 Å². The summed E-state index contributed by atoms with van der Waals surface area (Å²) in [6.45, 7) is 5.30. The van der Waals surface area contributed by atoms with Crippen molar-refractivity contribution in [1.82, 2.24) is 5.32 Å². The standard InChI is InChI=1S/C18H21N3O4S/c1-11-4-7-15(10-12(11)2)21-26(24,25)16-8-5-14(6-9-16)18(23)20-13(3)17(19)22/h4-10,13,21H,1-3H3,(H2,19,22)(H,20,23)/t13-/m0/s1. The zero-order valence-corrected chi connectivity index (χ0v) is 15.6. The van der Waals surface area contributed by atoms with Crippen LogP contribution >= 0.6 is 0 Å². The Morgan fingerprint density at radius 1 is 1.00 bits per heavy atom. The second-order valence-electron chi connectivity index (χ2n) is 6.03. The fourth-order valence-electron chi connectivity index (χ4n) is 2.16. The first-order chi connectivity index (χ1) is 12.1. The minimum absolute atomic E-state index is 0.0234. The van der Waals surface area contributed by atoms with Gasteiger partial charge in [0.15, 0.2) is 0 Å². The van der Waals surface area contributed by atoms with Crippen LogP contribution in [0.2, 0.25) is 0 Å². The highest BCUT2D eigenvalue weighted by Gasteiger charge is 2.17. The van der Waals surface area contributed by atoms with E-state index in [4.69, 9.17) is 5.73 Å².